The number of carbonyl (C=O) groups is 1. The van der Waals surface area contributed by atoms with E-state index in [2.05, 4.69) is 9.97 Å². The predicted molar refractivity (Wildman–Crippen MR) is 119 cm³/mol. The lowest BCUT2D eigenvalue weighted by molar-refractivity contribution is -0.141. The molecule has 0 bridgehead atoms. The number of nitrogens with zero attached hydrogens (tertiary/aromatic N) is 5. The number of hydrogen-bond acceptors (Lipinski definition) is 7. The summed E-state index contributed by atoms with van der Waals surface area (Å²) in [6, 6.07) is 7.71. The third-order valence-electron chi connectivity index (χ3n) is 5.14. The molecule has 2 heterocycles. The maximum absolute atomic E-state index is 14.4. The molecule has 2 aromatic rings. The van der Waals surface area contributed by atoms with Crippen molar-refractivity contribution in [2.24, 2.45) is 0 Å². The Morgan fingerprint density at radius 2 is 2.00 bits per heavy atom. The van der Waals surface area contributed by atoms with Crippen LogP contribution in [0.4, 0.5) is 14.6 Å². The topological polar surface area (TPSA) is 91.6 Å². The molecular weight excluding hydrogens is 432 g/mol. The second kappa shape index (κ2) is 12.1. The van der Waals surface area contributed by atoms with Gasteiger partial charge >= 0.3 is 0 Å². The van der Waals surface area contributed by atoms with Gasteiger partial charge in [-0.25, -0.2) is 9.97 Å². The van der Waals surface area contributed by atoms with Gasteiger partial charge in [-0.15, -0.1) is 0 Å². The predicted octanol–water partition coefficient (Wildman–Crippen LogP) is 3.23. The SMILES string of the molecule is CCN(CC(C)N(CC)c1ccc(C#N)cn1)C(=O)COCC(F)(F)c1ccnc(OC)c1. The molecule has 10 heteroatoms. The van der Waals surface area contributed by atoms with Crippen molar-refractivity contribution in [2.75, 3.05) is 44.9 Å². The molecule has 0 aliphatic carbocycles. The van der Waals surface area contributed by atoms with Crippen molar-refractivity contribution in [3.63, 3.8) is 0 Å². The molecule has 0 saturated heterocycles. The lowest BCUT2D eigenvalue weighted by atomic mass is 10.1. The van der Waals surface area contributed by atoms with Crippen LogP contribution in [0.25, 0.3) is 0 Å². The van der Waals surface area contributed by atoms with E-state index in [0.717, 1.165) is 6.07 Å². The molecule has 2 aromatic heterocycles. The number of ether oxygens (including phenoxy) is 2. The van der Waals surface area contributed by atoms with Gasteiger partial charge in [0.05, 0.1) is 12.7 Å². The minimum atomic E-state index is -3.29. The average Bonchev–Trinajstić information content (AvgIpc) is 2.83. The standard InChI is InChI=1S/C23H29F2N5O3/c1-5-29(14-17(3)30(6-2)20-8-7-18(12-26)13-28-20)22(31)15-33-16-23(24,25)19-9-10-27-21(11-19)32-4/h7-11,13,17H,5-6,14-16H2,1-4H3. The van der Waals surface area contributed by atoms with Crippen LogP contribution < -0.4 is 9.64 Å². The molecule has 0 aliphatic rings. The fourth-order valence-electron chi connectivity index (χ4n) is 3.34. The highest BCUT2D eigenvalue weighted by atomic mass is 19.3. The van der Waals surface area contributed by atoms with Gasteiger partial charge in [0.25, 0.3) is 5.92 Å². The summed E-state index contributed by atoms with van der Waals surface area (Å²) in [7, 11) is 1.34. The van der Waals surface area contributed by atoms with Gasteiger partial charge in [-0.1, -0.05) is 0 Å². The van der Waals surface area contributed by atoms with E-state index in [9.17, 15) is 13.6 Å². The molecule has 1 atom stereocenters. The second-order valence-corrected chi connectivity index (χ2v) is 7.37. The Morgan fingerprint density at radius 3 is 2.58 bits per heavy atom. The van der Waals surface area contributed by atoms with Gasteiger partial charge in [-0.2, -0.15) is 14.0 Å². The number of anilines is 1. The second-order valence-electron chi connectivity index (χ2n) is 7.37. The minimum absolute atomic E-state index is 0.0756. The number of methoxy groups -OCH3 is 1. The van der Waals surface area contributed by atoms with Crippen LogP contribution in [0.1, 0.15) is 31.9 Å². The van der Waals surface area contributed by atoms with Crippen LogP contribution in [0.15, 0.2) is 36.7 Å². The first-order valence-corrected chi connectivity index (χ1v) is 10.6. The molecule has 8 nitrogen and oxygen atoms in total. The average molecular weight is 462 g/mol. The Kier molecular flexibility index (Phi) is 9.48. The molecule has 0 N–H and O–H groups in total. The molecule has 1 unspecified atom stereocenters. The van der Waals surface area contributed by atoms with Crippen molar-refractivity contribution in [1.82, 2.24) is 14.9 Å². The van der Waals surface area contributed by atoms with E-state index in [0.29, 0.717) is 31.0 Å². The first-order chi connectivity index (χ1) is 15.7. The van der Waals surface area contributed by atoms with E-state index in [1.807, 2.05) is 31.7 Å². The van der Waals surface area contributed by atoms with Gasteiger partial charge in [-0.05, 0) is 39.0 Å². The Balaban J connectivity index is 1.94. The van der Waals surface area contributed by atoms with E-state index < -0.39 is 19.1 Å². The normalized spacial score (nSPS) is 12.0. The van der Waals surface area contributed by atoms with Crippen LogP contribution in [0.5, 0.6) is 5.88 Å². The quantitative estimate of drug-likeness (QED) is 0.479. The van der Waals surface area contributed by atoms with E-state index in [4.69, 9.17) is 14.7 Å². The number of hydrogen-bond donors (Lipinski definition) is 0. The molecule has 178 valence electrons. The number of carbonyl (C=O) groups excluding carboxylic acids is 1. The number of nitriles is 1. The molecule has 0 radical (unpaired) electrons. The summed E-state index contributed by atoms with van der Waals surface area (Å²) in [6.07, 6.45) is 2.73. The molecule has 0 spiro atoms. The fourth-order valence-corrected chi connectivity index (χ4v) is 3.34. The van der Waals surface area contributed by atoms with E-state index in [1.54, 1.807) is 17.0 Å². The number of pyridine rings is 2. The van der Waals surface area contributed by atoms with Crippen LogP contribution >= 0.6 is 0 Å². The van der Waals surface area contributed by atoms with Crippen molar-refractivity contribution >= 4 is 11.7 Å². The smallest absolute Gasteiger partial charge is 0.296 e. The van der Waals surface area contributed by atoms with Crippen LogP contribution in [0.3, 0.4) is 0 Å². The summed E-state index contributed by atoms with van der Waals surface area (Å²) in [4.78, 5) is 24.3. The highest BCUT2D eigenvalue weighted by Gasteiger charge is 2.33. The summed E-state index contributed by atoms with van der Waals surface area (Å²) < 4.78 is 38.9. The Labute approximate surface area is 192 Å². The summed E-state index contributed by atoms with van der Waals surface area (Å²) in [5.41, 5.74) is 0.170. The van der Waals surface area contributed by atoms with Gasteiger partial charge in [0.2, 0.25) is 11.8 Å². The summed E-state index contributed by atoms with van der Waals surface area (Å²) in [6.45, 7) is 5.76. The first-order valence-electron chi connectivity index (χ1n) is 10.6. The molecule has 0 fully saturated rings. The molecular formula is C23H29F2N5O3. The third-order valence-corrected chi connectivity index (χ3v) is 5.14. The van der Waals surface area contributed by atoms with E-state index >= 15 is 0 Å². The van der Waals surface area contributed by atoms with Crippen molar-refractivity contribution in [3.05, 3.63) is 47.8 Å². The van der Waals surface area contributed by atoms with Crippen molar-refractivity contribution in [1.29, 1.82) is 5.26 Å². The lowest BCUT2D eigenvalue weighted by Gasteiger charge is -2.33. The van der Waals surface area contributed by atoms with Gasteiger partial charge in [-0.3, -0.25) is 4.79 Å². The van der Waals surface area contributed by atoms with Gasteiger partial charge in [0.1, 0.15) is 25.1 Å². The van der Waals surface area contributed by atoms with E-state index in [1.165, 1.54) is 25.6 Å². The third kappa shape index (κ3) is 7.08. The largest absolute Gasteiger partial charge is 0.481 e. The number of alkyl halides is 2. The summed E-state index contributed by atoms with van der Waals surface area (Å²) in [5, 5.41) is 8.94. The number of aromatic nitrogens is 2. The number of likely N-dealkylation sites (N-methyl/N-ethyl adjacent to an activating group) is 2. The monoisotopic (exact) mass is 461 g/mol. The highest BCUT2D eigenvalue weighted by molar-refractivity contribution is 5.77. The first kappa shape index (κ1) is 25.9. The molecule has 1 amide bonds. The van der Waals surface area contributed by atoms with Crippen LogP contribution in [-0.4, -0.2) is 66.8 Å². The lowest BCUT2D eigenvalue weighted by Crippen LogP contribution is -2.46. The zero-order chi connectivity index (χ0) is 24.4. The number of amides is 1. The summed E-state index contributed by atoms with van der Waals surface area (Å²) in [5.74, 6) is -2.90. The minimum Gasteiger partial charge on any atom is -0.481 e. The van der Waals surface area contributed by atoms with Gasteiger partial charge in [0, 0.05) is 49.7 Å². The Morgan fingerprint density at radius 1 is 1.24 bits per heavy atom. The molecule has 33 heavy (non-hydrogen) atoms. The molecule has 0 aromatic carbocycles. The highest BCUT2D eigenvalue weighted by Crippen LogP contribution is 2.29. The molecule has 0 aliphatic heterocycles. The van der Waals surface area contributed by atoms with Crippen LogP contribution in [-0.2, 0) is 15.5 Å². The number of halogens is 2. The van der Waals surface area contributed by atoms with Crippen molar-refractivity contribution in [2.45, 2.75) is 32.7 Å². The number of rotatable bonds is 12. The van der Waals surface area contributed by atoms with Gasteiger partial charge in [0.15, 0.2) is 0 Å². The molecule has 0 saturated carbocycles. The van der Waals surface area contributed by atoms with Crippen LogP contribution in [0.2, 0.25) is 0 Å². The van der Waals surface area contributed by atoms with Gasteiger partial charge < -0.3 is 19.3 Å². The zero-order valence-corrected chi connectivity index (χ0v) is 19.3. The maximum atomic E-state index is 14.4. The van der Waals surface area contributed by atoms with Crippen molar-refractivity contribution < 1.29 is 23.0 Å². The Bertz CT molecular complexity index is 950. The Hall–Kier alpha value is -3.32. The zero-order valence-electron chi connectivity index (χ0n) is 19.3. The fraction of sp³-hybridized carbons (Fsp3) is 0.478. The van der Waals surface area contributed by atoms with E-state index in [-0.39, 0.29) is 23.4 Å². The summed E-state index contributed by atoms with van der Waals surface area (Å²) >= 11 is 0. The molecule has 2 rings (SSSR count). The van der Waals surface area contributed by atoms with Crippen LogP contribution in [0, 0.1) is 11.3 Å². The maximum Gasteiger partial charge on any atom is 0.296 e. The van der Waals surface area contributed by atoms with Crippen molar-refractivity contribution in [3.8, 4) is 11.9 Å².